The van der Waals surface area contributed by atoms with E-state index < -0.39 is 27.8 Å². The minimum absolute atomic E-state index is 0.0657. The molecule has 1 aromatic heterocycles. The number of fused-ring (bicyclic) bond motifs is 3. The van der Waals surface area contributed by atoms with E-state index in [1.807, 2.05) is 0 Å². The first-order valence-electron chi connectivity index (χ1n) is 8.70. The molecule has 0 fully saturated rings. The van der Waals surface area contributed by atoms with Gasteiger partial charge in [0.1, 0.15) is 11.6 Å². The second-order valence-corrected chi connectivity index (χ2v) is 8.68. The molecular weight excluding hydrogens is 390 g/mol. The summed E-state index contributed by atoms with van der Waals surface area (Å²) >= 11 is 0. The number of hydrogen-bond acceptors (Lipinski definition) is 4. The lowest BCUT2D eigenvalue weighted by Crippen LogP contribution is -2.40. The molecule has 3 rings (SSSR count). The Hall–Kier alpha value is -2.07. The molecule has 1 atom stereocenters. The Labute approximate surface area is 162 Å². The van der Waals surface area contributed by atoms with Gasteiger partial charge in [-0.05, 0) is 36.4 Å². The number of aromatic nitrogens is 1. The van der Waals surface area contributed by atoms with Gasteiger partial charge in [-0.25, -0.2) is 17.2 Å². The number of sulfonamides is 1. The summed E-state index contributed by atoms with van der Waals surface area (Å²) in [5, 5.41) is 11.6. The molecule has 0 saturated carbocycles. The van der Waals surface area contributed by atoms with Crippen LogP contribution < -0.4 is 0 Å². The van der Waals surface area contributed by atoms with E-state index in [0.29, 0.717) is 21.8 Å². The van der Waals surface area contributed by atoms with E-state index >= 15 is 0 Å². The molecule has 0 saturated heterocycles. The fourth-order valence-electron chi connectivity index (χ4n) is 3.33. The molecule has 0 amide bonds. The van der Waals surface area contributed by atoms with Crippen molar-refractivity contribution in [3.63, 3.8) is 0 Å². The van der Waals surface area contributed by atoms with Gasteiger partial charge in [0, 0.05) is 42.0 Å². The smallest absolute Gasteiger partial charge is 0.211 e. The van der Waals surface area contributed by atoms with E-state index in [2.05, 4.69) is 0 Å². The summed E-state index contributed by atoms with van der Waals surface area (Å²) in [6, 6.07) is 8.36. The molecule has 1 N–H and O–H groups in total. The van der Waals surface area contributed by atoms with Crippen molar-refractivity contribution in [2.24, 2.45) is 0 Å². The largest absolute Gasteiger partial charge is 0.390 e. The summed E-state index contributed by atoms with van der Waals surface area (Å²) in [6.07, 6.45) is 0.0435. The third kappa shape index (κ3) is 4.33. The van der Waals surface area contributed by atoms with Gasteiger partial charge in [0.2, 0.25) is 10.0 Å². The van der Waals surface area contributed by atoms with Gasteiger partial charge in [-0.2, -0.15) is 4.31 Å². The third-order valence-electron chi connectivity index (χ3n) is 4.61. The van der Waals surface area contributed by atoms with Crippen LogP contribution in [0.4, 0.5) is 8.78 Å². The first-order chi connectivity index (χ1) is 13.2. The number of hydrogen-bond donors (Lipinski definition) is 1. The van der Waals surface area contributed by atoms with Gasteiger partial charge in [0.05, 0.1) is 25.5 Å². The lowest BCUT2D eigenvalue weighted by atomic mass is 10.1. The Morgan fingerprint density at radius 2 is 1.64 bits per heavy atom. The molecule has 28 heavy (non-hydrogen) atoms. The first kappa shape index (κ1) is 20.7. The molecule has 1 unspecified atom stereocenters. The van der Waals surface area contributed by atoms with Gasteiger partial charge in [-0.3, -0.25) is 0 Å². The lowest BCUT2D eigenvalue weighted by molar-refractivity contribution is 0.115. The van der Waals surface area contributed by atoms with Gasteiger partial charge in [-0.15, -0.1) is 0 Å². The van der Waals surface area contributed by atoms with Crippen molar-refractivity contribution in [1.29, 1.82) is 0 Å². The van der Waals surface area contributed by atoms with Crippen LogP contribution in [-0.4, -0.2) is 61.6 Å². The van der Waals surface area contributed by atoms with E-state index in [4.69, 9.17) is 4.74 Å². The number of aliphatic hydroxyl groups excluding tert-OH is 1. The molecule has 1 heterocycles. The zero-order valence-corrected chi connectivity index (χ0v) is 16.4. The lowest BCUT2D eigenvalue weighted by Gasteiger charge is -2.23. The normalized spacial score (nSPS) is 13.6. The molecule has 0 aliphatic heterocycles. The Kier molecular flexibility index (Phi) is 5.99. The van der Waals surface area contributed by atoms with Gasteiger partial charge >= 0.3 is 0 Å². The van der Waals surface area contributed by atoms with Gasteiger partial charge in [0.15, 0.2) is 0 Å². The van der Waals surface area contributed by atoms with Gasteiger partial charge in [-0.1, -0.05) is 0 Å². The molecule has 152 valence electrons. The Balaban J connectivity index is 1.96. The summed E-state index contributed by atoms with van der Waals surface area (Å²) in [4.78, 5) is 0. The highest BCUT2D eigenvalue weighted by molar-refractivity contribution is 7.88. The summed E-state index contributed by atoms with van der Waals surface area (Å²) < 4.78 is 59.1. The second kappa shape index (κ2) is 8.12. The topological polar surface area (TPSA) is 71.8 Å². The molecular formula is C19H22F2N2O4S. The molecule has 6 nitrogen and oxygen atoms in total. The van der Waals surface area contributed by atoms with Gasteiger partial charge < -0.3 is 14.4 Å². The van der Waals surface area contributed by atoms with E-state index in [1.54, 1.807) is 16.7 Å². The maximum absolute atomic E-state index is 13.7. The Bertz CT molecular complexity index is 1040. The van der Waals surface area contributed by atoms with Crippen molar-refractivity contribution in [2.75, 3.05) is 33.1 Å². The predicted molar refractivity (Wildman–Crippen MR) is 104 cm³/mol. The van der Waals surface area contributed by atoms with Crippen molar-refractivity contribution in [1.82, 2.24) is 8.87 Å². The molecule has 3 aromatic rings. The summed E-state index contributed by atoms with van der Waals surface area (Å²) in [7, 11) is -2.06. The van der Waals surface area contributed by atoms with E-state index in [9.17, 15) is 22.3 Å². The molecule has 0 aliphatic carbocycles. The van der Waals surface area contributed by atoms with E-state index in [-0.39, 0.29) is 26.2 Å². The maximum Gasteiger partial charge on any atom is 0.211 e. The predicted octanol–water partition coefficient (Wildman–Crippen LogP) is 2.34. The highest BCUT2D eigenvalue weighted by Crippen LogP contribution is 2.30. The number of halogens is 2. The fourth-order valence-corrected chi connectivity index (χ4v) is 4.18. The van der Waals surface area contributed by atoms with Crippen molar-refractivity contribution in [2.45, 2.75) is 12.6 Å². The second-order valence-electron chi connectivity index (χ2n) is 6.70. The minimum Gasteiger partial charge on any atom is -0.390 e. The molecule has 9 heteroatoms. The van der Waals surface area contributed by atoms with Crippen molar-refractivity contribution in [3.05, 3.63) is 48.0 Å². The standard InChI is InChI=1S/C19H22F2N2O4S/c1-27-8-7-22(28(2,25)26)11-15(24)12-23-18-5-3-13(20)9-16(18)17-10-14(21)4-6-19(17)23/h3-6,9-10,15,24H,7-8,11-12H2,1-2H3. The van der Waals surface area contributed by atoms with Crippen LogP contribution in [0.2, 0.25) is 0 Å². The Morgan fingerprint density at radius 1 is 1.11 bits per heavy atom. The summed E-state index contributed by atoms with van der Waals surface area (Å²) in [5.74, 6) is -0.890. The fraction of sp³-hybridized carbons (Fsp3) is 0.368. The van der Waals surface area contributed by atoms with Crippen molar-refractivity contribution >= 4 is 31.8 Å². The summed E-state index contributed by atoms with van der Waals surface area (Å²) in [6.45, 7) is 0.270. The number of rotatable bonds is 8. The van der Waals surface area contributed by atoms with E-state index in [1.165, 1.54) is 31.4 Å². The zero-order chi connectivity index (χ0) is 20.5. The molecule has 2 aromatic carbocycles. The van der Waals surface area contributed by atoms with Crippen LogP contribution in [0.5, 0.6) is 0 Å². The number of aliphatic hydroxyl groups is 1. The average molecular weight is 412 g/mol. The van der Waals surface area contributed by atoms with Crippen LogP contribution in [0, 0.1) is 11.6 Å². The first-order valence-corrected chi connectivity index (χ1v) is 10.5. The highest BCUT2D eigenvalue weighted by atomic mass is 32.2. The van der Waals surface area contributed by atoms with Crippen LogP contribution in [0.1, 0.15) is 0 Å². The van der Waals surface area contributed by atoms with Crippen LogP contribution >= 0.6 is 0 Å². The quantitative estimate of drug-likeness (QED) is 0.617. The molecule has 0 bridgehead atoms. The van der Waals surface area contributed by atoms with E-state index in [0.717, 1.165) is 10.6 Å². The Morgan fingerprint density at radius 3 is 2.11 bits per heavy atom. The molecule has 0 radical (unpaired) electrons. The van der Waals surface area contributed by atoms with Crippen molar-refractivity contribution < 1.29 is 27.0 Å². The minimum atomic E-state index is -3.52. The van der Waals surface area contributed by atoms with Crippen LogP contribution in [0.3, 0.4) is 0 Å². The molecule has 0 aliphatic rings. The van der Waals surface area contributed by atoms with Gasteiger partial charge in [0.25, 0.3) is 0 Å². The highest BCUT2D eigenvalue weighted by Gasteiger charge is 2.22. The van der Waals surface area contributed by atoms with Crippen LogP contribution in [-0.2, 0) is 21.3 Å². The average Bonchev–Trinajstić information content (AvgIpc) is 2.90. The molecule has 0 spiro atoms. The number of methoxy groups -OCH3 is 1. The summed E-state index contributed by atoms with van der Waals surface area (Å²) in [5.41, 5.74) is 1.26. The monoisotopic (exact) mass is 412 g/mol. The van der Waals surface area contributed by atoms with Crippen LogP contribution in [0.25, 0.3) is 21.8 Å². The number of nitrogens with zero attached hydrogens (tertiary/aromatic N) is 2. The van der Waals surface area contributed by atoms with Crippen LogP contribution in [0.15, 0.2) is 36.4 Å². The SMILES string of the molecule is COCCN(CC(O)Cn1c2ccc(F)cc2c2cc(F)ccc21)S(C)(=O)=O. The van der Waals surface area contributed by atoms with Crippen molar-refractivity contribution in [3.8, 4) is 0 Å². The maximum atomic E-state index is 13.7. The number of ether oxygens (including phenoxy) is 1. The zero-order valence-electron chi connectivity index (χ0n) is 15.6. The number of benzene rings is 2. The third-order valence-corrected chi connectivity index (χ3v) is 5.88.